The number of rotatable bonds is 7. The number of nitrogens with zero attached hydrogens (tertiary/aromatic N) is 1. The molecule has 0 fully saturated rings. The standard InChI is InChI=1S/C22H19Cl2FN2O5.CH4/c1-30-19-6-3-12(7-21(19)31-2)20(9-15-16(23)10-27(29)11-17(15)24)32-22(28)14-5-4-13(26)8-18(14)25;/h3-8,10-11,20H,9,26H2,1-2H3;1H4/t20-;/m0./s1. The molecule has 1 atom stereocenters. The van der Waals surface area contributed by atoms with E-state index in [9.17, 15) is 14.4 Å². The number of methoxy groups -OCH3 is 2. The average Bonchev–Trinajstić information content (AvgIpc) is 2.74. The number of hydrogen-bond donors (Lipinski definition) is 1. The Morgan fingerprint density at radius 2 is 1.73 bits per heavy atom. The molecule has 0 spiro atoms. The summed E-state index contributed by atoms with van der Waals surface area (Å²) < 4.78 is 31.0. The van der Waals surface area contributed by atoms with E-state index in [-0.39, 0.29) is 35.1 Å². The zero-order valence-corrected chi connectivity index (χ0v) is 18.6. The van der Waals surface area contributed by atoms with Gasteiger partial charge in [0.2, 0.25) is 0 Å². The number of pyridine rings is 1. The number of anilines is 1. The van der Waals surface area contributed by atoms with Crippen LogP contribution in [0, 0.1) is 11.0 Å². The van der Waals surface area contributed by atoms with Gasteiger partial charge in [0.15, 0.2) is 23.9 Å². The molecule has 0 amide bonds. The third-order valence-electron chi connectivity index (χ3n) is 4.69. The van der Waals surface area contributed by atoms with Gasteiger partial charge in [0.25, 0.3) is 0 Å². The van der Waals surface area contributed by atoms with Crippen molar-refractivity contribution in [1.82, 2.24) is 0 Å². The van der Waals surface area contributed by atoms with Gasteiger partial charge in [0.1, 0.15) is 22.0 Å². The summed E-state index contributed by atoms with van der Waals surface area (Å²) in [5.41, 5.74) is 6.33. The van der Waals surface area contributed by atoms with E-state index in [1.165, 1.54) is 26.4 Å². The first-order valence-corrected chi connectivity index (χ1v) is 10.0. The number of benzene rings is 2. The summed E-state index contributed by atoms with van der Waals surface area (Å²) in [4.78, 5) is 12.8. The lowest BCUT2D eigenvalue weighted by atomic mass is 10.0. The predicted octanol–water partition coefficient (Wildman–Crippen LogP) is 5.14. The summed E-state index contributed by atoms with van der Waals surface area (Å²) in [6.07, 6.45) is 1.33. The lowest BCUT2D eigenvalue weighted by Crippen LogP contribution is -2.25. The van der Waals surface area contributed by atoms with Gasteiger partial charge in [-0.15, -0.1) is 0 Å². The first-order chi connectivity index (χ1) is 15.2. The van der Waals surface area contributed by atoms with E-state index >= 15 is 0 Å². The van der Waals surface area contributed by atoms with E-state index in [1.54, 1.807) is 18.2 Å². The molecule has 0 bridgehead atoms. The minimum Gasteiger partial charge on any atom is -0.619 e. The van der Waals surface area contributed by atoms with Crippen LogP contribution in [-0.2, 0) is 11.2 Å². The molecule has 3 aromatic rings. The topological polar surface area (TPSA) is 97.7 Å². The predicted molar refractivity (Wildman–Crippen MR) is 124 cm³/mol. The molecular weight excluding hydrogens is 474 g/mol. The minimum atomic E-state index is -0.947. The first-order valence-electron chi connectivity index (χ1n) is 9.28. The lowest BCUT2D eigenvalue weighted by Gasteiger charge is -2.21. The number of nitrogens with two attached hydrogens (primary N) is 1. The number of nitrogen functional groups attached to an aromatic ring is 1. The van der Waals surface area contributed by atoms with E-state index in [1.807, 2.05) is 0 Å². The molecule has 176 valence electrons. The Morgan fingerprint density at radius 1 is 1.09 bits per heavy atom. The van der Waals surface area contributed by atoms with Gasteiger partial charge in [0, 0.05) is 17.7 Å². The van der Waals surface area contributed by atoms with Crippen molar-refractivity contribution in [3.05, 3.63) is 86.6 Å². The molecule has 0 aliphatic rings. The Kier molecular flexibility index (Phi) is 8.73. The highest BCUT2D eigenvalue weighted by molar-refractivity contribution is 6.35. The van der Waals surface area contributed by atoms with Crippen LogP contribution in [0.25, 0.3) is 0 Å². The minimum absolute atomic E-state index is 0. The fraction of sp³-hybridized carbons (Fsp3) is 0.217. The summed E-state index contributed by atoms with van der Waals surface area (Å²) in [6.45, 7) is 0. The van der Waals surface area contributed by atoms with Crippen LogP contribution < -0.4 is 19.9 Å². The van der Waals surface area contributed by atoms with Crippen molar-refractivity contribution >= 4 is 34.9 Å². The summed E-state index contributed by atoms with van der Waals surface area (Å²) in [5, 5.41) is 11.8. The molecule has 0 unspecified atom stereocenters. The summed E-state index contributed by atoms with van der Waals surface area (Å²) in [7, 11) is 2.95. The van der Waals surface area contributed by atoms with Crippen LogP contribution in [0.3, 0.4) is 0 Å². The first kappa shape index (κ1) is 26.0. The highest BCUT2D eigenvalue weighted by atomic mass is 35.5. The van der Waals surface area contributed by atoms with Gasteiger partial charge in [0.05, 0.1) is 19.8 Å². The molecule has 0 radical (unpaired) electrons. The van der Waals surface area contributed by atoms with Crippen molar-refractivity contribution in [2.45, 2.75) is 20.0 Å². The largest absolute Gasteiger partial charge is 0.619 e. The molecule has 2 N–H and O–H groups in total. The SMILES string of the molecule is C.COc1ccc([C@H](Cc2c(Cl)c[n+]([O-])cc2Cl)OC(=O)c2ccc(N)cc2F)cc1OC. The second-order valence-corrected chi connectivity index (χ2v) is 7.56. The number of aromatic nitrogens is 1. The van der Waals surface area contributed by atoms with Gasteiger partial charge in [-0.2, -0.15) is 4.73 Å². The van der Waals surface area contributed by atoms with Crippen LogP contribution in [0.15, 0.2) is 48.8 Å². The van der Waals surface area contributed by atoms with E-state index in [0.29, 0.717) is 27.4 Å². The Morgan fingerprint density at radius 3 is 2.30 bits per heavy atom. The number of carbonyl (C=O) groups is 1. The monoisotopic (exact) mass is 496 g/mol. The zero-order chi connectivity index (χ0) is 23.4. The Balaban J connectivity index is 0.00000385. The normalized spacial score (nSPS) is 11.3. The molecule has 33 heavy (non-hydrogen) atoms. The number of ether oxygens (including phenoxy) is 3. The molecule has 10 heteroatoms. The van der Waals surface area contributed by atoms with Crippen LogP contribution >= 0.6 is 23.2 Å². The van der Waals surface area contributed by atoms with Gasteiger partial charge in [-0.3, -0.25) is 0 Å². The molecular formula is C23H23Cl2FN2O5. The average molecular weight is 497 g/mol. The second kappa shape index (κ2) is 11.1. The van der Waals surface area contributed by atoms with Crippen LogP contribution in [0.2, 0.25) is 10.0 Å². The molecule has 0 saturated carbocycles. The van der Waals surface area contributed by atoms with Crippen molar-refractivity contribution in [1.29, 1.82) is 0 Å². The van der Waals surface area contributed by atoms with E-state index in [2.05, 4.69) is 0 Å². The van der Waals surface area contributed by atoms with E-state index in [0.717, 1.165) is 18.5 Å². The molecule has 0 aliphatic heterocycles. The van der Waals surface area contributed by atoms with Crippen molar-refractivity contribution < 1.29 is 28.1 Å². The van der Waals surface area contributed by atoms with Crippen molar-refractivity contribution in [2.75, 3.05) is 20.0 Å². The van der Waals surface area contributed by atoms with Gasteiger partial charge >= 0.3 is 5.97 Å². The van der Waals surface area contributed by atoms with Crippen LogP contribution in [0.5, 0.6) is 11.5 Å². The summed E-state index contributed by atoms with van der Waals surface area (Å²) in [5.74, 6) is -0.866. The maximum Gasteiger partial charge on any atom is 0.341 e. The molecule has 3 rings (SSSR count). The highest BCUT2D eigenvalue weighted by Gasteiger charge is 2.25. The van der Waals surface area contributed by atoms with Gasteiger partial charge < -0.3 is 25.2 Å². The Labute approximate surface area is 201 Å². The molecule has 1 heterocycles. The summed E-state index contributed by atoms with van der Waals surface area (Å²) >= 11 is 12.4. The van der Waals surface area contributed by atoms with Crippen LogP contribution in [0.1, 0.15) is 35.0 Å². The lowest BCUT2D eigenvalue weighted by molar-refractivity contribution is -0.605. The number of esters is 1. The van der Waals surface area contributed by atoms with Gasteiger partial charge in [-0.25, -0.2) is 9.18 Å². The maximum absolute atomic E-state index is 14.3. The molecule has 1 aromatic heterocycles. The van der Waals surface area contributed by atoms with E-state index in [4.69, 9.17) is 43.1 Å². The molecule has 0 aliphatic carbocycles. The highest BCUT2D eigenvalue weighted by Crippen LogP contribution is 2.35. The Bertz CT molecular complexity index is 1140. The molecule has 0 saturated heterocycles. The molecule has 7 nitrogen and oxygen atoms in total. The smallest absolute Gasteiger partial charge is 0.341 e. The van der Waals surface area contributed by atoms with Gasteiger partial charge in [-0.05, 0) is 35.9 Å². The fourth-order valence-corrected chi connectivity index (χ4v) is 3.68. The third-order valence-corrected chi connectivity index (χ3v) is 5.34. The van der Waals surface area contributed by atoms with Crippen LogP contribution in [0.4, 0.5) is 10.1 Å². The fourth-order valence-electron chi connectivity index (χ4n) is 3.08. The Hall–Kier alpha value is -3.23. The van der Waals surface area contributed by atoms with Gasteiger partial charge in [-0.1, -0.05) is 36.7 Å². The number of carbonyl (C=O) groups excluding carboxylic acids is 1. The quantitative estimate of drug-likeness (QED) is 0.210. The number of halogens is 3. The number of hydrogen-bond acceptors (Lipinski definition) is 6. The van der Waals surface area contributed by atoms with E-state index < -0.39 is 17.9 Å². The second-order valence-electron chi connectivity index (χ2n) is 6.74. The molecule has 2 aromatic carbocycles. The third kappa shape index (κ3) is 5.97. The zero-order valence-electron chi connectivity index (χ0n) is 17.1. The van der Waals surface area contributed by atoms with Crippen molar-refractivity contribution in [3.8, 4) is 11.5 Å². The summed E-state index contributed by atoms with van der Waals surface area (Å²) in [6, 6.07) is 8.58. The van der Waals surface area contributed by atoms with Crippen molar-refractivity contribution in [2.24, 2.45) is 0 Å². The maximum atomic E-state index is 14.3. The van der Waals surface area contributed by atoms with Crippen molar-refractivity contribution in [3.63, 3.8) is 0 Å². The van der Waals surface area contributed by atoms with Crippen LogP contribution in [-0.4, -0.2) is 20.2 Å².